The number of piperidine rings is 1. The van der Waals surface area contributed by atoms with Gasteiger partial charge in [-0.2, -0.15) is 0 Å². The molecule has 0 bridgehead atoms. The first-order valence-corrected chi connectivity index (χ1v) is 7.21. The lowest BCUT2D eigenvalue weighted by Crippen LogP contribution is -2.46. The fourth-order valence-corrected chi connectivity index (χ4v) is 2.93. The number of nitrogens with two attached hydrogens (primary N) is 1. The van der Waals surface area contributed by atoms with Crippen molar-refractivity contribution in [3.05, 3.63) is 29.8 Å². The van der Waals surface area contributed by atoms with Crippen LogP contribution in [0.25, 0.3) is 0 Å². The highest BCUT2D eigenvalue weighted by atomic mass is 16.7. The van der Waals surface area contributed by atoms with Crippen molar-refractivity contribution in [2.75, 3.05) is 38.6 Å². The number of nitrogens with zero attached hydrogens (tertiary/aromatic N) is 1. The average molecular weight is 278 g/mol. The van der Waals surface area contributed by atoms with E-state index in [0.717, 1.165) is 37.2 Å². The predicted octanol–water partition coefficient (Wildman–Crippen LogP) is 1.14. The van der Waals surface area contributed by atoms with Crippen LogP contribution in [-0.2, 0) is 9.47 Å². The number of aliphatic hydroxyl groups is 1. The van der Waals surface area contributed by atoms with Crippen molar-refractivity contribution in [3.8, 4) is 0 Å². The van der Waals surface area contributed by atoms with Crippen molar-refractivity contribution in [3.63, 3.8) is 0 Å². The van der Waals surface area contributed by atoms with E-state index in [1.54, 1.807) is 0 Å². The zero-order valence-corrected chi connectivity index (χ0v) is 11.6. The maximum atomic E-state index is 10.3. The normalized spacial score (nSPS) is 24.1. The quantitative estimate of drug-likeness (QED) is 0.812. The first kappa shape index (κ1) is 13.8. The van der Waals surface area contributed by atoms with E-state index in [1.807, 2.05) is 24.3 Å². The number of rotatable bonds is 3. The van der Waals surface area contributed by atoms with Crippen molar-refractivity contribution < 1.29 is 14.6 Å². The highest BCUT2D eigenvalue weighted by Gasteiger charge is 2.39. The minimum absolute atomic E-state index is 0.345. The molecule has 2 heterocycles. The Morgan fingerprint density at radius 1 is 1.15 bits per heavy atom. The summed E-state index contributed by atoms with van der Waals surface area (Å²) in [5.74, 6) is -0.345. The SMILES string of the molecule is Nc1ccc(C(O)CN2CCC3(CC2)OCCO3)cc1. The van der Waals surface area contributed by atoms with Gasteiger partial charge in [0.05, 0.1) is 19.3 Å². The first-order valence-electron chi connectivity index (χ1n) is 7.21. The van der Waals surface area contributed by atoms with Crippen molar-refractivity contribution in [2.24, 2.45) is 0 Å². The summed E-state index contributed by atoms with van der Waals surface area (Å²) in [5.41, 5.74) is 7.29. The molecule has 1 aromatic rings. The van der Waals surface area contributed by atoms with Crippen LogP contribution in [0.3, 0.4) is 0 Å². The summed E-state index contributed by atoms with van der Waals surface area (Å²) in [7, 11) is 0. The molecule has 3 rings (SSSR count). The van der Waals surface area contributed by atoms with E-state index in [9.17, 15) is 5.11 Å². The molecule has 2 aliphatic rings. The lowest BCUT2D eigenvalue weighted by molar-refractivity contribution is -0.186. The van der Waals surface area contributed by atoms with Gasteiger partial charge in [-0.3, -0.25) is 0 Å². The van der Waals surface area contributed by atoms with Crippen LogP contribution in [0.15, 0.2) is 24.3 Å². The van der Waals surface area contributed by atoms with Crippen LogP contribution in [0.4, 0.5) is 5.69 Å². The molecule has 0 amide bonds. The van der Waals surface area contributed by atoms with E-state index < -0.39 is 6.10 Å². The first-order chi connectivity index (χ1) is 9.67. The van der Waals surface area contributed by atoms with E-state index in [2.05, 4.69) is 4.90 Å². The van der Waals surface area contributed by atoms with Gasteiger partial charge in [-0.15, -0.1) is 0 Å². The average Bonchev–Trinajstić information content (AvgIpc) is 2.91. The van der Waals surface area contributed by atoms with Crippen LogP contribution in [-0.4, -0.2) is 48.6 Å². The number of ether oxygens (including phenoxy) is 2. The highest BCUT2D eigenvalue weighted by Crippen LogP contribution is 2.31. The summed E-state index contributed by atoms with van der Waals surface area (Å²) in [5, 5.41) is 10.3. The standard InChI is InChI=1S/C15H22N2O3/c16-13-3-1-12(2-4-13)14(18)11-17-7-5-15(6-8-17)19-9-10-20-15/h1-4,14,18H,5-11,16H2. The van der Waals surface area contributed by atoms with Gasteiger partial charge in [0.15, 0.2) is 5.79 Å². The smallest absolute Gasteiger partial charge is 0.170 e. The molecule has 2 fully saturated rings. The Hall–Kier alpha value is -1.14. The second-order valence-corrected chi connectivity index (χ2v) is 5.59. The number of anilines is 1. The molecule has 110 valence electrons. The number of β-amino-alcohol motifs (C(OH)–C–C–N with tert-alkyl or cyclic N) is 1. The zero-order valence-electron chi connectivity index (χ0n) is 11.6. The summed E-state index contributed by atoms with van der Waals surface area (Å²) in [6.45, 7) is 3.83. The van der Waals surface area contributed by atoms with Crippen molar-refractivity contribution in [1.29, 1.82) is 0 Å². The Labute approximate surface area is 119 Å². The third-order valence-electron chi connectivity index (χ3n) is 4.18. The van der Waals surface area contributed by atoms with Gasteiger partial charge in [0.25, 0.3) is 0 Å². The van der Waals surface area contributed by atoms with Gasteiger partial charge in [0.1, 0.15) is 0 Å². The van der Waals surface area contributed by atoms with Crippen LogP contribution in [0.1, 0.15) is 24.5 Å². The number of hydrogen-bond acceptors (Lipinski definition) is 5. The van der Waals surface area contributed by atoms with Gasteiger partial charge in [-0.05, 0) is 17.7 Å². The third-order valence-corrected chi connectivity index (χ3v) is 4.18. The molecular formula is C15H22N2O3. The molecule has 5 heteroatoms. The number of aliphatic hydroxyl groups excluding tert-OH is 1. The summed E-state index contributed by atoms with van der Waals surface area (Å²) >= 11 is 0. The van der Waals surface area contributed by atoms with E-state index >= 15 is 0 Å². The second kappa shape index (κ2) is 5.69. The van der Waals surface area contributed by atoms with Crippen LogP contribution in [0.2, 0.25) is 0 Å². The zero-order chi connectivity index (χ0) is 14.0. The molecule has 0 saturated carbocycles. The molecule has 3 N–H and O–H groups in total. The molecule has 0 radical (unpaired) electrons. The summed E-state index contributed by atoms with van der Waals surface area (Å²) in [4.78, 5) is 2.26. The van der Waals surface area contributed by atoms with Crippen LogP contribution < -0.4 is 5.73 Å². The Morgan fingerprint density at radius 2 is 1.75 bits per heavy atom. The Morgan fingerprint density at radius 3 is 2.35 bits per heavy atom. The molecule has 0 aliphatic carbocycles. The second-order valence-electron chi connectivity index (χ2n) is 5.59. The monoisotopic (exact) mass is 278 g/mol. The molecule has 1 unspecified atom stereocenters. The Bertz CT molecular complexity index is 433. The van der Waals surface area contributed by atoms with Gasteiger partial charge in [0.2, 0.25) is 0 Å². The summed E-state index contributed by atoms with van der Waals surface area (Å²) in [6.07, 6.45) is 1.28. The van der Waals surface area contributed by atoms with E-state index in [0.29, 0.717) is 19.8 Å². The Balaban J connectivity index is 1.52. The maximum Gasteiger partial charge on any atom is 0.170 e. The van der Waals surface area contributed by atoms with Gasteiger partial charge in [-0.25, -0.2) is 0 Å². The van der Waals surface area contributed by atoms with Gasteiger partial charge >= 0.3 is 0 Å². The summed E-state index contributed by atoms with van der Waals surface area (Å²) < 4.78 is 11.4. The molecule has 2 saturated heterocycles. The number of nitrogen functional groups attached to an aromatic ring is 1. The lowest BCUT2D eigenvalue weighted by Gasteiger charge is -2.38. The lowest BCUT2D eigenvalue weighted by atomic mass is 10.0. The van der Waals surface area contributed by atoms with Crippen molar-refractivity contribution in [1.82, 2.24) is 4.90 Å². The largest absolute Gasteiger partial charge is 0.399 e. The third kappa shape index (κ3) is 2.96. The number of likely N-dealkylation sites (tertiary alicyclic amines) is 1. The highest BCUT2D eigenvalue weighted by molar-refractivity contribution is 5.39. The Kier molecular flexibility index (Phi) is 3.94. The van der Waals surface area contributed by atoms with Gasteiger partial charge in [0, 0.05) is 38.2 Å². The molecule has 2 aliphatic heterocycles. The minimum Gasteiger partial charge on any atom is -0.399 e. The molecule has 1 spiro atoms. The topological polar surface area (TPSA) is 68.0 Å². The predicted molar refractivity (Wildman–Crippen MR) is 76.1 cm³/mol. The molecule has 5 nitrogen and oxygen atoms in total. The van der Waals surface area contributed by atoms with Crippen LogP contribution in [0, 0.1) is 0 Å². The van der Waals surface area contributed by atoms with Crippen LogP contribution >= 0.6 is 0 Å². The van der Waals surface area contributed by atoms with E-state index in [-0.39, 0.29) is 5.79 Å². The molecular weight excluding hydrogens is 256 g/mol. The van der Waals surface area contributed by atoms with Crippen molar-refractivity contribution >= 4 is 5.69 Å². The molecule has 20 heavy (non-hydrogen) atoms. The summed E-state index contributed by atoms with van der Waals surface area (Å²) in [6, 6.07) is 7.41. The molecule has 1 aromatic carbocycles. The van der Waals surface area contributed by atoms with E-state index in [1.165, 1.54) is 0 Å². The van der Waals surface area contributed by atoms with Crippen molar-refractivity contribution in [2.45, 2.75) is 24.7 Å². The fourth-order valence-electron chi connectivity index (χ4n) is 2.93. The number of hydrogen-bond donors (Lipinski definition) is 2. The minimum atomic E-state index is -0.477. The molecule has 1 atom stereocenters. The van der Waals surface area contributed by atoms with E-state index in [4.69, 9.17) is 15.2 Å². The fraction of sp³-hybridized carbons (Fsp3) is 0.600. The molecule has 0 aromatic heterocycles. The maximum absolute atomic E-state index is 10.3. The van der Waals surface area contributed by atoms with Gasteiger partial charge in [-0.1, -0.05) is 12.1 Å². The van der Waals surface area contributed by atoms with Gasteiger partial charge < -0.3 is 25.2 Å². The number of benzene rings is 1. The van der Waals surface area contributed by atoms with Crippen LogP contribution in [0.5, 0.6) is 0 Å².